The van der Waals surface area contributed by atoms with Crippen molar-refractivity contribution in [2.75, 3.05) is 5.73 Å². The molecule has 0 aliphatic carbocycles. The highest BCUT2D eigenvalue weighted by Gasteiger charge is 2.31. The van der Waals surface area contributed by atoms with Crippen molar-refractivity contribution in [3.05, 3.63) is 29.8 Å². The Morgan fingerprint density at radius 2 is 1.89 bits per heavy atom. The molecule has 102 valence electrons. The first-order valence-electron chi connectivity index (χ1n) is 5.59. The highest BCUT2D eigenvalue weighted by Crippen LogP contribution is 2.29. The van der Waals surface area contributed by atoms with Crippen molar-refractivity contribution in [2.45, 2.75) is 19.7 Å². The highest BCUT2D eigenvalue weighted by molar-refractivity contribution is 5.68. The molecule has 3 N–H and O–H groups in total. The third kappa shape index (κ3) is 2.98. The molecule has 1 aromatic heterocycles. The summed E-state index contributed by atoms with van der Waals surface area (Å²) in [6.07, 6.45) is -4.01. The molecule has 0 amide bonds. The van der Waals surface area contributed by atoms with Gasteiger partial charge in [-0.05, 0) is 30.7 Å². The third-order valence-corrected chi connectivity index (χ3v) is 2.63. The van der Waals surface area contributed by atoms with Crippen molar-refractivity contribution < 1.29 is 17.9 Å². The number of nitrogens with one attached hydrogen (secondary N) is 1. The standard InChI is InChI=1S/C12H12F3N3O/c1-2-9-10(17-18-11(9)16)7-3-5-8(6-4-7)19-12(13,14)15/h3-6H,2H2,1H3,(H3,16,17,18). The molecule has 4 nitrogen and oxygen atoms in total. The van der Waals surface area contributed by atoms with Crippen molar-refractivity contribution in [1.82, 2.24) is 10.2 Å². The summed E-state index contributed by atoms with van der Waals surface area (Å²) in [5, 5.41) is 6.66. The second-order valence-electron chi connectivity index (χ2n) is 3.89. The van der Waals surface area contributed by atoms with Crippen LogP contribution in [0.25, 0.3) is 11.3 Å². The lowest BCUT2D eigenvalue weighted by molar-refractivity contribution is -0.274. The molecule has 0 atom stereocenters. The number of rotatable bonds is 3. The smallest absolute Gasteiger partial charge is 0.406 e. The number of anilines is 1. The second-order valence-corrected chi connectivity index (χ2v) is 3.89. The molecule has 19 heavy (non-hydrogen) atoms. The average Bonchev–Trinajstić information content (AvgIpc) is 2.69. The first-order valence-corrected chi connectivity index (χ1v) is 5.59. The normalized spacial score (nSPS) is 11.6. The number of halogens is 3. The Morgan fingerprint density at radius 3 is 2.42 bits per heavy atom. The van der Waals surface area contributed by atoms with Crippen LogP contribution in [0, 0.1) is 0 Å². The van der Waals surface area contributed by atoms with E-state index in [9.17, 15) is 13.2 Å². The van der Waals surface area contributed by atoms with Crippen molar-refractivity contribution >= 4 is 5.82 Å². The third-order valence-electron chi connectivity index (χ3n) is 2.63. The predicted octanol–water partition coefficient (Wildman–Crippen LogP) is 3.12. The van der Waals surface area contributed by atoms with E-state index in [0.717, 1.165) is 5.56 Å². The van der Waals surface area contributed by atoms with Gasteiger partial charge in [-0.25, -0.2) is 0 Å². The van der Waals surface area contributed by atoms with Crippen LogP contribution in [-0.4, -0.2) is 16.6 Å². The molecule has 7 heteroatoms. The Labute approximate surface area is 107 Å². The van der Waals surface area contributed by atoms with Gasteiger partial charge in [-0.2, -0.15) is 5.10 Å². The summed E-state index contributed by atoms with van der Waals surface area (Å²) in [7, 11) is 0. The van der Waals surface area contributed by atoms with Crippen LogP contribution in [0.1, 0.15) is 12.5 Å². The van der Waals surface area contributed by atoms with Crippen LogP contribution in [-0.2, 0) is 6.42 Å². The fourth-order valence-electron chi connectivity index (χ4n) is 1.80. The quantitative estimate of drug-likeness (QED) is 0.901. The van der Waals surface area contributed by atoms with Gasteiger partial charge in [0.15, 0.2) is 0 Å². The summed E-state index contributed by atoms with van der Waals surface area (Å²) >= 11 is 0. The molecule has 0 radical (unpaired) electrons. The van der Waals surface area contributed by atoms with E-state index < -0.39 is 6.36 Å². The van der Waals surface area contributed by atoms with Gasteiger partial charge in [-0.3, -0.25) is 5.10 Å². The number of H-pyrrole nitrogens is 1. The van der Waals surface area contributed by atoms with Crippen LogP contribution in [0.4, 0.5) is 19.0 Å². The Kier molecular flexibility index (Phi) is 3.37. The predicted molar refractivity (Wildman–Crippen MR) is 64.5 cm³/mol. The summed E-state index contributed by atoms with van der Waals surface area (Å²) in [6, 6.07) is 5.54. The lowest BCUT2D eigenvalue weighted by atomic mass is 10.1. The lowest BCUT2D eigenvalue weighted by Crippen LogP contribution is -2.16. The first kappa shape index (κ1) is 13.3. The average molecular weight is 271 g/mol. The van der Waals surface area contributed by atoms with Crippen molar-refractivity contribution in [2.24, 2.45) is 0 Å². The van der Waals surface area contributed by atoms with Gasteiger partial charge in [0.25, 0.3) is 0 Å². The maximum absolute atomic E-state index is 12.0. The molecule has 0 bridgehead atoms. The SMILES string of the molecule is CCc1c(N)n[nH]c1-c1ccc(OC(F)(F)F)cc1. The minimum absolute atomic E-state index is 0.262. The largest absolute Gasteiger partial charge is 0.573 e. The summed E-state index contributed by atoms with van der Waals surface area (Å²) in [5.74, 6) is 0.134. The number of nitrogens with two attached hydrogens (primary N) is 1. The van der Waals surface area contributed by atoms with Crippen LogP contribution in [0.3, 0.4) is 0 Å². The van der Waals surface area contributed by atoms with E-state index in [4.69, 9.17) is 5.73 Å². The first-order chi connectivity index (χ1) is 8.90. The number of alkyl halides is 3. The fourth-order valence-corrected chi connectivity index (χ4v) is 1.80. The van der Waals surface area contributed by atoms with Crippen molar-refractivity contribution in [3.8, 4) is 17.0 Å². The maximum atomic E-state index is 12.0. The van der Waals surface area contributed by atoms with Crippen LogP contribution >= 0.6 is 0 Å². The van der Waals surface area contributed by atoms with Crippen LogP contribution in [0.15, 0.2) is 24.3 Å². The minimum Gasteiger partial charge on any atom is -0.406 e. The summed E-state index contributed by atoms with van der Waals surface area (Å²) in [6.45, 7) is 1.92. The van der Waals surface area contributed by atoms with Gasteiger partial charge in [0, 0.05) is 11.1 Å². The number of hydrogen-bond donors (Lipinski definition) is 2. The molecule has 2 rings (SSSR count). The fraction of sp³-hybridized carbons (Fsp3) is 0.250. The summed E-state index contributed by atoms with van der Waals surface area (Å²) < 4.78 is 39.9. The molecule has 0 aliphatic rings. The number of ether oxygens (including phenoxy) is 1. The van der Waals surface area contributed by atoms with E-state index in [-0.39, 0.29) is 5.75 Å². The van der Waals surface area contributed by atoms with Gasteiger partial charge in [0.2, 0.25) is 0 Å². The Balaban J connectivity index is 2.27. The van der Waals surface area contributed by atoms with Gasteiger partial charge >= 0.3 is 6.36 Å². The molecule has 0 unspecified atom stereocenters. The van der Waals surface area contributed by atoms with Gasteiger partial charge in [-0.15, -0.1) is 13.2 Å². The number of aromatic nitrogens is 2. The monoisotopic (exact) mass is 271 g/mol. The van der Waals surface area contributed by atoms with Crippen LogP contribution < -0.4 is 10.5 Å². The molecule has 0 fully saturated rings. The van der Waals surface area contributed by atoms with Crippen LogP contribution in [0.2, 0.25) is 0 Å². The van der Waals surface area contributed by atoms with E-state index in [1.807, 2.05) is 6.92 Å². The van der Waals surface area contributed by atoms with Gasteiger partial charge in [-0.1, -0.05) is 6.92 Å². The van der Waals surface area contributed by atoms with Gasteiger partial charge in [0.1, 0.15) is 11.6 Å². The zero-order chi connectivity index (χ0) is 14.0. The molecular formula is C12H12F3N3O. The highest BCUT2D eigenvalue weighted by atomic mass is 19.4. The van der Waals surface area contributed by atoms with E-state index in [1.54, 1.807) is 0 Å². The number of benzene rings is 1. The van der Waals surface area contributed by atoms with E-state index in [0.29, 0.717) is 23.5 Å². The van der Waals surface area contributed by atoms with Crippen molar-refractivity contribution in [1.29, 1.82) is 0 Å². The van der Waals surface area contributed by atoms with Crippen molar-refractivity contribution in [3.63, 3.8) is 0 Å². The maximum Gasteiger partial charge on any atom is 0.573 e. The Hall–Kier alpha value is -2.18. The summed E-state index contributed by atoms with van der Waals surface area (Å²) in [4.78, 5) is 0. The molecule has 0 saturated heterocycles. The topological polar surface area (TPSA) is 63.9 Å². The number of aromatic amines is 1. The summed E-state index contributed by atoms with van der Waals surface area (Å²) in [5.41, 5.74) is 7.94. The molecular weight excluding hydrogens is 259 g/mol. The molecule has 2 aromatic rings. The van der Waals surface area contributed by atoms with Gasteiger partial charge < -0.3 is 10.5 Å². The van der Waals surface area contributed by atoms with Crippen LogP contribution in [0.5, 0.6) is 5.75 Å². The number of hydrogen-bond acceptors (Lipinski definition) is 3. The Bertz CT molecular complexity index is 561. The molecule has 1 heterocycles. The molecule has 0 saturated carbocycles. The van der Waals surface area contributed by atoms with E-state index in [1.165, 1.54) is 24.3 Å². The Morgan fingerprint density at radius 1 is 1.26 bits per heavy atom. The number of nitrogen functional groups attached to an aromatic ring is 1. The zero-order valence-electron chi connectivity index (χ0n) is 10.1. The number of nitrogens with zero attached hydrogens (tertiary/aromatic N) is 1. The molecule has 0 spiro atoms. The van der Waals surface area contributed by atoms with E-state index in [2.05, 4.69) is 14.9 Å². The lowest BCUT2D eigenvalue weighted by Gasteiger charge is -2.09. The second kappa shape index (κ2) is 4.83. The minimum atomic E-state index is -4.69. The zero-order valence-corrected chi connectivity index (χ0v) is 10.1. The van der Waals surface area contributed by atoms with Gasteiger partial charge in [0.05, 0.1) is 5.69 Å². The molecule has 0 aliphatic heterocycles. The van der Waals surface area contributed by atoms with E-state index >= 15 is 0 Å². The molecule has 1 aromatic carbocycles.